The maximum Gasteiger partial charge on any atom is 0.306 e. The predicted octanol–water partition coefficient (Wildman–Crippen LogP) is 0.990. The molecule has 0 aromatic heterocycles. The zero-order chi connectivity index (χ0) is 14.5. The smallest absolute Gasteiger partial charge is 0.306 e. The molecule has 0 unspecified atom stereocenters. The first-order chi connectivity index (χ1) is 8.78. The number of rotatable bonds is 7. The highest BCUT2D eigenvalue weighted by molar-refractivity contribution is 5.70. The number of aliphatic hydroxyl groups is 2. The fraction of sp³-hybridized carbons (Fsp3) is 0.929. The summed E-state index contributed by atoms with van der Waals surface area (Å²) in [5.74, 6) is -1.05. The lowest BCUT2D eigenvalue weighted by molar-refractivity contribution is -0.144. The molecule has 0 amide bonds. The largest absolute Gasteiger partial charge is 0.481 e. The van der Waals surface area contributed by atoms with Crippen LogP contribution in [0.15, 0.2) is 0 Å². The van der Waals surface area contributed by atoms with Crippen LogP contribution in [0.1, 0.15) is 46.0 Å². The molecular weight excluding hydrogens is 246 g/mol. The fourth-order valence-corrected chi connectivity index (χ4v) is 2.60. The van der Waals surface area contributed by atoms with Gasteiger partial charge in [-0.2, -0.15) is 0 Å². The van der Waals surface area contributed by atoms with E-state index >= 15 is 0 Å². The quantitative estimate of drug-likeness (QED) is 0.555. The summed E-state index contributed by atoms with van der Waals surface area (Å²) >= 11 is 0. The Morgan fingerprint density at radius 1 is 1.37 bits per heavy atom. The number of aliphatic hydroxyl groups excluding tert-OH is 1. The third-order valence-corrected chi connectivity index (χ3v) is 4.11. The third kappa shape index (κ3) is 5.47. The minimum atomic E-state index is -0.777. The molecule has 0 atom stereocenters. The number of nitrogens with one attached hydrogen (secondary N) is 1. The maximum atomic E-state index is 10.9. The first kappa shape index (κ1) is 16.4. The zero-order valence-electron chi connectivity index (χ0n) is 12.0. The second-order valence-corrected chi connectivity index (χ2v) is 6.58. The summed E-state index contributed by atoms with van der Waals surface area (Å²) in [6.07, 6.45) is 2.90. The van der Waals surface area contributed by atoms with E-state index in [9.17, 15) is 9.90 Å². The van der Waals surface area contributed by atoms with Crippen LogP contribution in [0, 0.1) is 11.3 Å². The highest BCUT2D eigenvalue weighted by atomic mass is 16.4. The molecule has 0 aliphatic heterocycles. The van der Waals surface area contributed by atoms with Crippen LogP contribution in [-0.2, 0) is 4.79 Å². The minimum Gasteiger partial charge on any atom is -0.481 e. The van der Waals surface area contributed by atoms with Gasteiger partial charge in [-0.3, -0.25) is 4.79 Å². The number of carboxylic acids is 1. The Hall–Kier alpha value is -0.650. The lowest BCUT2D eigenvalue weighted by atomic mass is 9.78. The van der Waals surface area contributed by atoms with Crippen molar-refractivity contribution in [1.82, 2.24) is 5.32 Å². The second-order valence-electron chi connectivity index (χ2n) is 6.58. The molecule has 19 heavy (non-hydrogen) atoms. The van der Waals surface area contributed by atoms with Gasteiger partial charge in [0.2, 0.25) is 0 Å². The Labute approximate surface area is 115 Å². The molecule has 1 rings (SSSR count). The van der Waals surface area contributed by atoms with Gasteiger partial charge in [0.15, 0.2) is 0 Å². The molecule has 1 aliphatic carbocycles. The molecule has 5 nitrogen and oxygen atoms in total. The average Bonchev–Trinajstić information content (AvgIpc) is 2.28. The molecule has 4 N–H and O–H groups in total. The SMILES string of the molecule is CC(C)(CCO)CNCC1(O)CCC(C(=O)O)CC1. The number of hydrogen-bond acceptors (Lipinski definition) is 4. The summed E-state index contributed by atoms with van der Waals surface area (Å²) in [5.41, 5.74) is -0.773. The molecule has 0 aromatic rings. The molecule has 0 spiro atoms. The molecule has 0 heterocycles. The van der Waals surface area contributed by atoms with Crippen molar-refractivity contribution in [3.63, 3.8) is 0 Å². The highest BCUT2D eigenvalue weighted by Gasteiger charge is 2.35. The van der Waals surface area contributed by atoms with Gasteiger partial charge in [-0.25, -0.2) is 0 Å². The van der Waals surface area contributed by atoms with Gasteiger partial charge in [0.05, 0.1) is 11.5 Å². The van der Waals surface area contributed by atoms with E-state index in [1.807, 2.05) is 0 Å². The van der Waals surface area contributed by atoms with Gasteiger partial charge in [0.25, 0.3) is 0 Å². The first-order valence-corrected chi connectivity index (χ1v) is 7.05. The summed E-state index contributed by atoms with van der Waals surface area (Å²) in [6, 6.07) is 0. The van der Waals surface area contributed by atoms with Gasteiger partial charge in [-0.15, -0.1) is 0 Å². The van der Waals surface area contributed by atoms with Gasteiger partial charge in [-0.05, 0) is 37.5 Å². The van der Waals surface area contributed by atoms with E-state index in [0.29, 0.717) is 32.2 Å². The number of aliphatic carboxylic acids is 1. The summed E-state index contributed by atoms with van der Waals surface area (Å²) in [7, 11) is 0. The van der Waals surface area contributed by atoms with Gasteiger partial charge in [-0.1, -0.05) is 13.8 Å². The van der Waals surface area contributed by atoms with Crippen molar-refractivity contribution in [3.05, 3.63) is 0 Å². The molecule has 0 bridgehead atoms. The Morgan fingerprint density at radius 3 is 2.42 bits per heavy atom. The predicted molar refractivity (Wildman–Crippen MR) is 72.9 cm³/mol. The van der Waals surface area contributed by atoms with Crippen LogP contribution in [0.5, 0.6) is 0 Å². The van der Waals surface area contributed by atoms with Gasteiger partial charge in [0.1, 0.15) is 0 Å². The van der Waals surface area contributed by atoms with Crippen LogP contribution in [0.4, 0.5) is 0 Å². The molecule has 1 aliphatic rings. The van der Waals surface area contributed by atoms with Crippen molar-refractivity contribution in [3.8, 4) is 0 Å². The lowest BCUT2D eigenvalue weighted by Gasteiger charge is -2.36. The van der Waals surface area contributed by atoms with Gasteiger partial charge >= 0.3 is 5.97 Å². The molecule has 1 fully saturated rings. The maximum absolute atomic E-state index is 10.9. The topological polar surface area (TPSA) is 89.8 Å². The molecule has 0 saturated heterocycles. The normalized spacial score (nSPS) is 28.3. The fourth-order valence-electron chi connectivity index (χ4n) is 2.60. The van der Waals surface area contributed by atoms with E-state index in [2.05, 4.69) is 19.2 Å². The number of carbonyl (C=O) groups is 1. The van der Waals surface area contributed by atoms with Crippen LogP contribution in [0.25, 0.3) is 0 Å². The highest BCUT2D eigenvalue weighted by Crippen LogP contribution is 2.32. The lowest BCUT2D eigenvalue weighted by Crippen LogP contribution is -2.46. The van der Waals surface area contributed by atoms with E-state index < -0.39 is 11.6 Å². The summed E-state index contributed by atoms with van der Waals surface area (Å²) in [4.78, 5) is 10.9. The van der Waals surface area contributed by atoms with Crippen LogP contribution in [0.2, 0.25) is 0 Å². The van der Waals surface area contributed by atoms with Crippen molar-refractivity contribution in [2.24, 2.45) is 11.3 Å². The summed E-state index contributed by atoms with van der Waals surface area (Å²) in [6.45, 7) is 5.54. The zero-order valence-corrected chi connectivity index (χ0v) is 12.0. The number of carboxylic acid groups (broad SMARTS) is 1. The molecule has 5 heteroatoms. The second kappa shape index (κ2) is 6.68. The Morgan fingerprint density at radius 2 is 1.95 bits per heavy atom. The van der Waals surface area contributed by atoms with Crippen molar-refractivity contribution in [1.29, 1.82) is 0 Å². The van der Waals surface area contributed by atoms with E-state index in [1.165, 1.54) is 0 Å². The van der Waals surface area contributed by atoms with Crippen LogP contribution < -0.4 is 5.32 Å². The first-order valence-electron chi connectivity index (χ1n) is 7.05. The Kier molecular flexibility index (Phi) is 5.77. The van der Waals surface area contributed by atoms with Gasteiger partial charge in [0, 0.05) is 19.7 Å². The third-order valence-electron chi connectivity index (χ3n) is 4.11. The van der Waals surface area contributed by atoms with Crippen molar-refractivity contribution in [2.45, 2.75) is 51.6 Å². The van der Waals surface area contributed by atoms with Crippen LogP contribution in [0.3, 0.4) is 0 Å². The average molecular weight is 273 g/mol. The minimum absolute atomic E-state index is 0.00335. The molecule has 0 radical (unpaired) electrons. The molecule has 0 aromatic carbocycles. The summed E-state index contributed by atoms with van der Waals surface area (Å²) < 4.78 is 0. The van der Waals surface area contributed by atoms with Crippen molar-refractivity contribution < 1.29 is 20.1 Å². The molecule has 1 saturated carbocycles. The molecule has 112 valence electrons. The standard InChI is InChI=1S/C14H27NO4/c1-13(2,7-8-16)9-15-10-14(19)5-3-11(4-6-14)12(17)18/h11,15-16,19H,3-10H2,1-2H3,(H,17,18). The Bertz CT molecular complexity index is 296. The van der Waals surface area contributed by atoms with Gasteiger partial charge < -0.3 is 20.6 Å². The van der Waals surface area contributed by atoms with Crippen LogP contribution >= 0.6 is 0 Å². The van der Waals surface area contributed by atoms with E-state index in [0.717, 1.165) is 13.0 Å². The van der Waals surface area contributed by atoms with E-state index in [4.69, 9.17) is 10.2 Å². The summed E-state index contributed by atoms with van der Waals surface area (Å²) in [5, 5.41) is 31.5. The Balaban J connectivity index is 2.31. The van der Waals surface area contributed by atoms with Crippen molar-refractivity contribution in [2.75, 3.05) is 19.7 Å². The van der Waals surface area contributed by atoms with Crippen molar-refractivity contribution >= 4 is 5.97 Å². The monoisotopic (exact) mass is 273 g/mol. The van der Waals surface area contributed by atoms with E-state index in [-0.39, 0.29) is 17.9 Å². The molecular formula is C14H27NO4. The number of hydrogen-bond donors (Lipinski definition) is 4. The van der Waals surface area contributed by atoms with Crippen LogP contribution in [-0.4, -0.2) is 46.6 Å². The van der Waals surface area contributed by atoms with E-state index in [1.54, 1.807) is 0 Å².